The van der Waals surface area contributed by atoms with Gasteiger partial charge in [0, 0.05) is 6.04 Å². The maximum atomic E-state index is 6.06. The van der Waals surface area contributed by atoms with Crippen LogP contribution in [0.25, 0.3) is 0 Å². The smallest absolute Gasteiger partial charge is 0.118 e. The van der Waals surface area contributed by atoms with Gasteiger partial charge in [-0.05, 0) is 44.1 Å². The molecule has 3 nitrogen and oxygen atoms in total. The zero-order valence-corrected chi connectivity index (χ0v) is 9.49. The van der Waals surface area contributed by atoms with Gasteiger partial charge in [-0.2, -0.15) is 0 Å². The van der Waals surface area contributed by atoms with Crippen molar-refractivity contribution in [1.82, 2.24) is 5.32 Å². The summed E-state index contributed by atoms with van der Waals surface area (Å²) >= 11 is 0. The maximum absolute atomic E-state index is 6.06. The van der Waals surface area contributed by atoms with Crippen LogP contribution in [-0.4, -0.2) is 20.7 Å². The number of hydrogen-bond donors (Lipinski definition) is 2. The molecule has 0 radical (unpaired) electrons. The molecule has 0 aromatic heterocycles. The van der Waals surface area contributed by atoms with Gasteiger partial charge in [0.05, 0.1) is 7.11 Å². The Balaban J connectivity index is 2.46. The number of ether oxygens (including phenoxy) is 1. The molecule has 1 aromatic rings. The van der Waals surface area contributed by atoms with Crippen LogP contribution in [0.2, 0.25) is 0 Å². The summed E-state index contributed by atoms with van der Waals surface area (Å²) < 4.78 is 5.10. The topological polar surface area (TPSA) is 47.3 Å². The van der Waals surface area contributed by atoms with E-state index in [-0.39, 0.29) is 6.04 Å². The Hall–Kier alpha value is -1.06. The largest absolute Gasteiger partial charge is 0.497 e. The van der Waals surface area contributed by atoms with Crippen LogP contribution >= 0.6 is 0 Å². The van der Waals surface area contributed by atoms with Gasteiger partial charge in [0.2, 0.25) is 0 Å². The second-order valence-electron chi connectivity index (χ2n) is 3.63. The van der Waals surface area contributed by atoms with Crippen LogP contribution in [0.5, 0.6) is 5.75 Å². The Morgan fingerprint density at radius 3 is 2.53 bits per heavy atom. The van der Waals surface area contributed by atoms with Crippen molar-refractivity contribution in [2.45, 2.75) is 18.9 Å². The summed E-state index contributed by atoms with van der Waals surface area (Å²) in [6, 6.07) is 8.09. The van der Waals surface area contributed by atoms with Crippen molar-refractivity contribution in [3.05, 3.63) is 29.8 Å². The van der Waals surface area contributed by atoms with Gasteiger partial charge in [0.15, 0.2) is 0 Å². The van der Waals surface area contributed by atoms with E-state index in [0.29, 0.717) is 0 Å². The van der Waals surface area contributed by atoms with Crippen molar-refractivity contribution in [2.75, 3.05) is 20.7 Å². The van der Waals surface area contributed by atoms with E-state index in [1.807, 2.05) is 31.3 Å². The lowest BCUT2D eigenvalue weighted by molar-refractivity contribution is 0.414. The number of methoxy groups -OCH3 is 1. The fourth-order valence-corrected chi connectivity index (χ4v) is 1.52. The first-order valence-electron chi connectivity index (χ1n) is 5.32. The molecule has 3 N–H and O–H groups in total. The molecule has 1 rings (SSSR count). The fraction of sp³-hybridized carbons (Fsp3) is 0.500. The molecular formula is C12H20N2O. The van der Waals surface area contributed by atoms with Gasteiger partial charge >= 0.3 is 0 Å². The van der Waals surface area contributed by atoms with E-state index in [9.17, 15) is 0 Å². The van der Waals surface area contributed by atoms with Crippen LogP contribution in [0.4, 0.5) is 0 Å². The van der Waals surface area contributed by atoms with Crippen molar-refractivity contribution in [3.8, 4) is 5.75 Å². The van der Waals surface area contributed by atoms with Crippen molar-refractivity contribution < 1.29 is 4.74 Å². The molecular weight excluding hydrogens is 188 g/mol. The predicted molar refractivity (Wildman–Crippen MR) is 63.1 cm³/mol. The second-order valence-corrected chi connectivity index (χ2v) is 3.63. The molecule has 1 aromatic carbocycles. The minimum absolute atomic E-state index is 0.129. The lowest BCUT2D eigenvalue weighted by Crippen LogP contribution is -2.14. The number of nitrogens with one attached hydrogen (secondary N) is 1. The molecule has 0 heterocycles. The van der Waals surface area contributed by atoms with Gasteiger partial charge in [-0.15, -0.1) is 0 Å². The summed E-state index contributed by atoms with van der Waals surface area (Å²) in [5.41, 5.74) is 7.23. The van der Waals surface area contributed by atoms with Crippen LogP contribution in [0.1, 0.15) is 24.4 Å². The van der Waals surface area contributed by atoms with E-state index in [1.54, 1.807) is 7.11 Å². The first kappa shape index (κ1) is 12.0. The Morgan fingerprint density at radius 2 is 2.00 bits per heavy atom. The first-order chi connectivity index (χ1) is 7.27. The van der Waals surface area contributed by atoms with Gasteiger partial charge in [0.1, 0.15) is 5.75 Å². The summed E-state index contributed by atoms with van der Waals surface area (Å²) in [6.45, 7) is 1.02. The average molecular weight is 208 g/mol. The van der Waals surface area contributed by atoms with Crippen LogP contribution in [0.15, 0.2) is 24.3 Å². The third-order valence-electron chi connectivity index (χ3n) is 2.49. The SMILES string of the molecule is CNCCCC(N)c1ccc(OC)cc1. The number of nitrogens with two attached hydrogens (primary N) is 1. The molecule has 0 aliphatic heterocycles. The minimum Gasteiger partial charge on any atom is -0.497 e. The quantitative estimate of drug-likeness (QED) is 0.699. The molecule has 84 valence electrons. The van der Waals surface area contributed by atoms with E-state index in [0.717, 1.165) is 25.1 Å². The van der Waals surface area contributed by atoms with Crippen LogP contribution in [0.3, 0.4) is 0 Å². The number of benzene rings is 1. The Kier molecular flexibility index (Phi) is 5.15. The lowest BCUT2D eigenvalue weighted by atomic mass is 10.0. The Morgan fingerprint density at radius 1 is 1.33 bits per heavy atom. The molecule has 0 saturated carbocycles. The Labute approximate surface area is 91.6 Å². The minimum atomic E-state index is 0.129. The van der Waals surface area contributed by atoms with Crippen LogP contribution in [0, 0.1) is 0 Å². The molecule has 1 unspecified atom stereocenters. The summed E-state index contributed by atoms with van der Waals surface area (Å²) in [4.78, 5) is 0. The highest BCUT2D eigenvalue weighted by Crippen LogP contribution is 2.18. The zero-order valence-electron chi connectivity index (χ0n) is 9.49. The van der Waals surface area contributed by atoms with Gasteiger partial charge in [-0.25, -0.2) is 0 Å². The third kappa shape index (κ3) is 3.90. The monoisotopic (exact) mass is 208 g/mol. The summed E-state index contributed by atoms with van der Waals surface area (Å²) in [7, 11) is 3.63. The van der Waals surface area contributed by atoms with Crippen molar-refractivity contribution >= 4 is 0 Å². The first-order valence-corrected chi connectivity index (χ1v) is 5.32. The normalized spacial score (nSPS) is 12.5. The zero-order chi connectivity index (χ0) is 11.1. The molecule has 0 aliphatic carbocycles. The van der Waals surface area contributed by atoms with E-state index in [1.165, 1.54) is 5.56 Å². The molecule has 0 saturated heterocycles. The standard InChI is InChI=1S/C12H20N2O/c1-14-9-3-4-12(13)10-5-7-11(15-2)8-6-10/h5-8,12,14H,3-4,9,13H2,1-2H3. The predicted octanol–water partition coefficient (Wildman–Crippen LogP) is 1.69. The molecule has 1 atom stereocenters. The molecule has 3 heteroatoms. The highest BCUT2D eigenvalue weighted by atomic mass is 16.5. The second kappa shape index (κ2) is 6.43. The molecule has 0 spiro atoms. The fourth-order valence-electron chi connectivity index (χ4n) is 1.52. The highest BCUT2D eigenvalue weighted by molar-refractivity contribution is 5.28. The number of hydrogen-bond acceptors (Lipinski definition) is 3. The van der Waals surface area contributed by atoms with E-state index in [2.05, 4.69) is 5.32 Å². The summed E-state index contributed by atoms with van der Waals surface area (Å²) in [5, 5.41) is 3.12. The van der Waals surface area contributed by atoms with E-state index < -0.39 is 0 Å². The molecule has 0 bridgehead atoms. The molecule has 0 aliphatic rings. The van der Waals surface area contributed by atoms with Crippen molar-refractivity contribution in [1.29, 1.82) is 0 Å². The Bertz CT molecular complexity index is 271. The van der Waals surface area contributed by atoms with Crippen LogP contribution < -0.4 is 15.8 Å². The lowest BCUT2D eigenvalue weighted by Gasteiger charge is -2.12. The summed E-state index contributed by atoms with van der Waals surface area (Å²) in [5.74, 6) is 0.876. The van der Waals surface area contributed by atoms with Gasteiger partial charge in [-0.3, -0.25) is 0 Å². The van der Waals surface area contributed by atoms with E-state index >= 15 is 0 Å². The van der Waals surface area contributed by atoms with Gasteiger partial charge in [0.25, 0.3) is 0 Å². The molecule has 0 fully saturated rings. The molecule has 15 heavy (non-hydrogen) atoms. The van der Waals surface area contributed by atoms with Crippen molar-refractivity contribution in [3.63, 3.8) is 0 Å². The third-order valence-corrected chi connectivity index (χ3v) is 2.49. The molecule has 0 amide bonds. The van der Waals surface area contributed by atoms with Crippen molar-refractivity contribution in [2.24, 2.45) is 5.73 Å². The highest BCUT2D eigenvalue weighted by Gasteiger charge is 2.05. The number of rotatable bonds is 6. The average Bonchev–Trinajstić information content (AvgIpc) is 2.29. The summed E-state index contributed by atoms with van der Waals surface area (Å²) in [6.07, 6.45) is 2.11. The van der Waals surface area contributed by atoms with Gasteiger partial charge in [-0.1, -0.05) is 12.1 Å². The maximum Gasteiger partial charge on any atom is 0.118 e. The van der Waals surface area contributed by atoms with Gasteiger partial charge < -0.3 is 15.8 Å². The van der Waals surface area contributed by atoms with E-state index in [4.69, 9.17) is 10.5 Å². The van der Waals surface area contributed by atoms with Crippen LogP contribution in [-0.2, 0) is 0 Å².